The summed E-state index contributed by atoms with van der Waals surface area (Å²) in [5, 5.41) is 0. The van der Waals surface area contributed by atoms with E-state index in [1.165, 1.54) is 4.90 Å². The first kappa shape index (κ1) is 23.4. The molecular formula is C19H36N2O4. The molecule has 6 nitrogen and oxygen atoms in total. The normalized spacial score (nSPS) is 15.7. The van der Waals surface area contributed by atoms with E-state index in [4.69, 9.17) is 4.74 Å². The highest BCUT2D eigenvalue weighted by Crippen LogP contribution is 2.23. The third-order valence-electron chi connectivity index (χ3n) is 3.93. The number of carbonyl (C=O) groups excluding carboxylic acids is 3. The first-order valence-corrected chi connectivity index (χ1v) is 9.25. The van der Waals surface area contributed by atoms with E-state index in [-0.39, 0.29) is 29.6 Å². The van der Waals surface area contributed by atoms with Gasteiger partial charge in [0, 0.05) is 26.6 Å². The van der Waals surface area contributed by atoms with Crippen molar-refractivity contribution >= 4 is 17.8 Å². The molecular weight excluding hydrogens is 320 g/mol. The van der Waals surface area contributed by atoms with Crippen LogP contribution in [0.3, 0.4) is 0 Å². The number of carbonyl (C=O) groups is 3. The van der Waals surface area contributed by atoms with Gasteiger partial charge in [-0.15, -0.1) is 0 Å². The minimum atomic E-state index is -0.613. The fraction of sp³-hybridized carbons (Fsp3) is 0.842. The fourth-order valence-corrected chi connectivity index (χ4v) is 2.73. The molecule has 0 aromatic rings. The van der Waals surface area contributed by atoms with E-state index in [0.717, 1.165) is 0 Å². The Balaban J connectivity index is 0.00000277. The number of rotatable bonds is 5. The van der Waals surface area contributed by atoms with E-state index >= 15 is 0 Å². The van der Waals surface area contributed by atoms with Gasteiger partial charge in [-0.3, -0.25) is 9.59 Å². The number of nitrogens with zero attached hydrogens (tertiary/aromatic N) is 2. The van der Waals surface area contributed by atoms with Crippen LogP contribution in [-0.2, 0) is 19.1 Å². The van der Waals surface area contributed by atoms with Gasteiger partial charge >= 0.3 is 5.97 Å². The van der Waals surface area contributed by atoms with Crippen LogP contribution in [0.15, 0.2) is 0 Å². The summed E-state index contributed by atoms with van der Waals surface area (Å²) in [4.78, 5) is 39.7. The molecule has 146 valence electrons. The van der Waals surface area contributed by atoms with Crippen LogP contribution in [0.25, 0.3) is 0 Å². The van der Waals surface area contributed by atoms with E-state index in [1.54, 1.807) is 18.9 Å². The topological polar surface area (TPSA) is 66.9 Å². The average molecular weight is 357 g/mol. The Morgan fingerprint density at radius 1 is 1.16 bits per heavy atom. The Morgan fingerprint density at radius 3 is 2.00 bits per heavy atom. The maximum Gasteiger partial charge on any atom is 0.329 e. The Hall–Kier alpha value is -1.59. The van der Waals surface area contributed by atoms with E-state index in [1.807, 2.05) is 48.5 Å². The molecule has 0 aromatic heterocycles. The van der Waals surface area contributed by atoms with Gasteiger partial charge in [-0.25, -0.2) is 4.79 Å². The predicted molar refractivity (Wildman–Crippen MR) is 99.0 cm³/mol. The molecule has 0 unspecified atom stereocenters. The molecule has 6 heteroatoms. The van der Waals surface area contributed by atoms with Gasteiger partial charge in [0.25, 0.3) is 0 Å². The lowest BCUT2D eigenvalue weighted by Gasteiger charge is -2.41. The van der Waals surface area contributed by atoms with E-state index in [9.17, 15) is 14.4 Å². The van der Waals surface area contributed by atoms with E-state index in [0.29, 0.717) is 19.5 Å². The van der Waals surface area contributed by atoms with Crippen molar-refractivity contribution in [2.24, 2.45) is 11.8 Å². The molecule has 1 heterocycles. The Labute approximate surface area is 152 Å². The monoisotopic (exact) mass is 356 g/mol. The number of likely N-dealkylation sites (N-methyl/N-ethyl adjacent to an activating group) is 1. The SMILES string of the molecule is CC.CCC(=O)N1CC(C(=O)N(C)[C@H](C(=O)OC(C)(C)C)C(C)C)C1. The molecule has 0 bridgehead atoms. The fourth-order valence-electron chi connectivity index (χ4n) is 2.73. The largest absolute Gasteiger partial charge is 0.458 e. The molecule has 0 spiro atoms. The minimum absolute atomic E-state index is 0.0488. The molecule has 0 N–H and O–H groups in total. The van der Waals surface area contributed by atoms with Gasteiger partial charge in [0.1, 0.15) is 11.6 Å². The number of hydrogen-bond acceptors (Lipinski definition) is 4. The van der Waals surface area contributed by atoms with Crippen LogP contribution in [0, 0.1) is 11.8 Å². The second-order valence-electron chi connectivity index (χ2n) is 7.52. The second kappa shape index (κ2) is 9.78. The van der Waals surface area contributed by atoms with Gasteiger partial charge in [0.15, 0.2) is 0 Å². The molecule has 1 atom stereocenters. The van der Waals surface area contributed by atoms with Crippen LogP contribution in [-0.4, -0.2) is 59.4 Å². The number of likely N-dealkylation sites (tertiary alicyclic amines) is 1. The molecule has 25 heavy (non-hydrogen) atoms. The zero-order chi connectivity index (χ0) is 19.9. The van der Waals surface area contributed by atoms with Crippen LogP contribution in [0.4, 0.5) is 0 Å². The van der Waals surface area contributed by atoms with Crippen molar-refractivity contribution < 1.29 is 19.1 Å². The highest BCUT2D eigenvalue weighted by atomic mass is 16.6. The highest BCUT2D eigenvalue weighted by molar-refractivity contribution is 5.88. The molecule has 0 aromatic carbocycles. The number of hydrogen-bond donors (Lipinski definition) is 0. The molecule has 1 aliphatic heterocycles. The van der Waals surface area contributed by atoms with Crippen LogP contribution >= 0.6 is 0 Å². The summed E-state index contributed by atoms with van der Waals surface area (Å²) < 4.78 is 5.44. The minimum Gasteiger partial charge on any atom is -0.458 e. The summed E-state index contributed by atoms with van der Waals surface area (Å²) in [6.07, 6.45) is 0.448. The summed E-state index contributed by atoms with van der Waals surface area (Å²) >= 11 is 0. The molecule has 1 aliphatic rings. The molecule has 1 fully saturated rings. The summed E-state index contributed by atoms with van der Waals surface area (Å²) in [6, 6.07) is -0.613. The first-order chi connectivity index (χ1) is 11.5. The summed E-state index contributed by atoms with van der Waals surface area (Å²) in [5.74, 6) is -0.699. The van der Waals surface area contributed by atoms with Gasteiger partial charge in [0.05, 0.1) is 5.92 Å². The van der Waals surface area contributed by atoms with Gasteiger partial charge in [-0.1, -0.05) is 34.6 Å². The molecule has 1 rings (SSSR count). The van der Waals surface area contributed by atoms with E-state index in [2.05, 4.69) is 0 Å². The zero-order valence-electron chi connectivity index (χ0n) is 17.4. The lowest BCUT2D eigenvalue weighted by Crippen LogP contribution is -2.59. The first-order valence-electron chi connectivity index (χ1n) is 9.25. The summed E-state index contributed by atoms with van der Waals surface area (Å²) in [7, 11) is 1.64. The standard InChI is InChI=1S/C17H30N2O4.C2H6/c1-8-13(20)19-9-12(10-19)15(21)18(7)14(11(2)3)16(22)23-17(4,5)6;1-2/h11-12,14H,8-10H2,1-7H3;1-2H3/t14-;/m0./s1. The van der Waals surface area contributed by atoms with Crippen LogP contribution < -0.4 is 0 Å². The number of esters is 1. The van der Waals surface area contributed by atoms with Crippen molar-refractivity contribution in [1.82, 2.24) is 9.80 Å². The van der Waals surface area contributed by atoms with Crippen molar-refractivity contribution in [3.05, 3.63) is 0 Å². The zero-order valence-corrected chi connectivity index (χ0v) is 17.4. The third-order valence-corrected chi connectivity index (χ3v) is 3.93. The second-order valence-corrected chi connectivity index (χ2v) is 7.52. The van der Waals surface area contributed by atoms with Crippen molar-refractivity contribution in [3.63, 3.8) is 0 Å². The van der Waals surface area contributed by atoms with Gasteiger partial charge in [-0.05, 0) is 26.7 Å². The Morgan fingerprint density at radius 2 is 1.64 bits per heavy atom. The molecule has 0 aliphatic carbocycles. The maximum absolute atomic E-state index is 12.6. The third kappa shape index (κ3) is 6.67. The summed E-state index contributed by atoms with van der Waals surface area (Å²) in [5.41, 5.74) is -0.588. The molecule has 0 saturated carbocycles. The predicted octanol–water partition coefficient (Wildman–Crippen LogP) is 2.71. The lowest BCUT2D eigenvalue weighted by atomic mass is 9.95. The average Bonchev–Trinajstić information content (AvgIpc) is 2.45. The van der Waals surface area contributed by atoms with Crippen molar-refractivity contribution in [1.29, 1.82) is 0 Å². The van der Waals surface area contributed by atoms with Crippen LogP contribution in [0.2, 0.25) is 0 Å². The Bertz CT molecular complexity index is 463. The van der Waals surface area contributed by atoms with Crippen molar-refractivity contribution in [3.8, 4) is 0 Å². The van der Waals surface area contributed by atoms with Crippen molar-refractivity contribution in [2.45, 2.75) is 73.5 Å². The number of ether oxygens (including phenoxy) is 1. The van der Waals surface area contributed by atoms with E-state index < -0.39 is 11.6 Å². The molecule has 1 saturated heterocycles. The highest BCUT2D eigenvalue weighted by Gasteiger charge is 2.41. The Kier molecular flexibility index (Phi) is 9.16. The van der Waals surface area contributed by atoms with Gasteiger partial charge < -0.3 is 14.5 Å². The van der Waals surface area contributed by atoms with Crippen LogP contribution in [0.5, 0.6) is 0 Å². The van der Waals surface area contributed by atoms with Crippen LogP contribution in [0.1, 0.15) is 61.8 Å². The maximum atomic E-state index is 12.6. The molecule has 0 radical (unpaired) electrons. The summed E-state index contributed by atoms with van der Waals surface area (Å²) in [6.45, 7) is 15.9. The quantitative estimate of drug-likeness (QED) is 0.710. The van der Waals surface area contributed by atoms with Crippen molar-refractivity contribution in [2.75, 3.05) is 20.1 Å². The van der Waals surface area contributed by atoms with Gasteiger partial charge in [0.2, 0.25) is 11.8 Å². The lowest BCUT2D eigenvalue weighted by molar-refractivity contribution is -0.168. The van der Waals surface area contributed by atoms with Gasteiger partial charge in [-0.2, -0.15) is 0 Å². The number of amides is 2. The molecule has 2 amide bonds. The smallest absolute Gasteiger partial charge is 0.329 e.